The predicted octanol–water partition coefficient (Wildman–Crippen LogP) is 0.587. The Labute approximate surface area is 76.6 Å². The van der Waals surface area contributed by atoms with Gasteiger partial charge in [0.25, 0.3) is 0 Å². The minimum atomic E-state index is -0.0783. The van der Waals surface area contributed by atoms with Crippen LogP contribution < -0.4 is 5.32 Å². The van der Waals surface area contributed by atoms with Gasteiger partial charge in [0.05, 0.1) is 6.61 Å². The molecule has 64 valence electrons. The molecule has 0 unspecified atom stereocenters. The van der Waals surface area contributed by atoms with Crippen LogP contribution >= 0.6 is 25.0 Å². The highest BCUT2D eigenvalue weighted by atomic mass is 35.5. The van der Waals surface area contributed by atoms with Crippen LogP contribution in [-0.4, -0.2) is 23.4 Å². The largest absolute Gasteiger partial charge is 0.507 e. The molecule has 0 saturated heterocycles. The van der Waals surface area contributed by atoms with Gasteiger partial charge in [-0.05, 0) is 0 Å². The van der Waals surface area contributed by atoms with Gasteiger partial charge in [0.15, 0.2) is 0 Å². The van der Waals surface area contributed by atoms with E-state index in [1.54, 1.807) is 0 Å². The number of hydrogen-bond acceptors (Lipinski definition) is 4. The first kappa shape index (κ1) is 10.7. The van der Waals surface area contributed by atoms with Gasteiger partial charge in [-0.3, -0.25) is 0 Å². The Bertz CT molecular complexity index is 203. The zero-order valence-electron chi connectivity index (χ0n) is 5.74. The highest BCUT2D eigenvalue weighted by Gasteiger charge is 2.06. The Kier molecular flexibility index (Phi) is 4.40. The van der Waals surface area contributed by atoms with Crippen LogP contribution in [0.25, 0.3) is 0 Å². The quantitative estimate of drug-likeness (QED) is 0.464. The van der Waals surface area contributed by atoms with Crippen molar-refractivity contribution in [3.63, 3.8) is 0 Å². The summed E-state index contributed by atoms with van der Waals surface area (Å²) in [4.78, 5) is 0.595. The Balaban J connectivity index is 0.000001000. The average molecular weight is 196 g/mol. The zero-order valence-corrected chi connectivity index (χ0v) is 7.45. The number of aliphatic hydroxyl groups excluding tert-OH is 2. The topological polar surface area (TPSA) is 52.5 Å². The fourth-order valence-electron chi connectivity index (χ4n) is 0.689. The van der Waals surface area contributed by atoms with Crippen molar-refractivity contribution in [2.45, 2.75) is 0 Å². The van der Waals surface area contributed by atoms with Crippen molar-refractivity contribution in [3.05, 3.63) is 22.4 Å². The van der Waals surface area contributed by atoms with E-state index in [9.17, 15) is 0 Å². The Hall–Kier alpha value is -0.320. The van der Waals surface area contributed by atoms with Crippen molar-refractivity contribution in [1.29, 1.82) is 0 Å². The minimum absolute atomic E-state index is 0. The predicted molar refractivity (Wildman–Crippen MR) is 49.1 cm³/mol. The van der Waals surface area contributed by atoms with Crippen LogP contribution in [0.4, 0.5) is 0 Å². The summed E-state index contributed by atoms with van der Waals surface area (Å²) < 4.78 is 0. The lowest BCUT2D eigenvalue weighted by Gasteiger charge is -2.14. The molecule has 0 spiro atoms. The van der Waals surface area contributed by atoms with Crippen molar-refractivity contribution in [2.24, 2.45) is 0 Å². The maximum Gasteiger partial charge on any atom is 0.128 e. The molecule has 0 atom stereocenters. The van der Waals surface area contributed by atoms with Gasteiger partial charge in [-0.2, -0.15) is 0 Å². The van der Waals surface area contributed by atoms with E-state index in [-0.39, 0.29) is 24.8 Å². The van der Waals surface area contributed by atoms with Crippen LogP contribution in [0.2, 0.25) is 0 Å². The number of dihydropyridines is 1. The molecule has 3 N–H and O–H groups in total. The lowest BCUT2D eigenvalue weighted by molar-refractivity contribution is 0.318. The van der Waals surface area contributed by atoms with Gasteiger partial charge in [0.1, 0.15) is 5.76 Å². The van der Waals surface area contributed by atoms with Crippen molar-refractivity contribution < 1.29 is 10.2 Å². The Morgan fingerprint density at radius 3 is 2.73 bits per heavy atom. The number of rotatable bonds is 1. The van der Waals surface area contributed by atoms with Crippen LogP contribution in [0.3, 0.4) is 0 Å². The summed E-state index contributed by atoms with van der Waals surface area (Å²) in [5.41, 5.74) is 0.621. The summed E-state index contributed by atoms with van der Waals surface area (Å²) in [7, 11) is 0. The molecule has 0 radical (unpaired) electrons. The van der Waals surface area contributed by atoms with Gasteiger partial charge in [-0.25, -0.2) is 0 Å². The third-order valence-corrected chi connectivity index (χ3v) is 1.65. The third-order valence-electron chi connectivity index (χ3n) is 1.26. The van der Waals surface area contributed by atoms with Crippen molar-refractivity contribution in [3.8, 4) is 0 Å². The maximum atomic E-state index is 9.05. The number of allylic oxidation sites excluding steroid dienone is 1. The molecule has 11 heavy (non-hydrogen) atoms. The van der Waals surface area contributed by atoms with E-state index < -0.39 is 0 Å². The third kappa shape index (κ3) is 2.65. The van der Waals surface area contributed by atoms with E-state index in [4.69, 9.17) is 10.2 Å². The lowest BCUT2D eigenvalue weighted by Crippen LogP contribution is -2.22. The van der Waals surface area contributed by atoms with Gasteiger partial charge >= 0.3 is 0 Å². The Morgan fingerprint density at radius 1 is 1.64 bits per heavy atom. The summed E-state index contributed by atoms with van der Waals surface area (Å²) in [5.74, 6) is 0.131. The van der Waals surface area contributed by atoms with Crippen molar-refractivity contribution in [2.75, 3.05) is 13.2 Å². The van der Waals surface area contributed by atoms with E-state index in [0.29, 0.717) is 17.1 Å². The second-order valence-corrected chi connectivity index (χ2v) is 2.55. The number of aliphatic hydroxyl groups is 2. The van der Waals surface area contributed by atoms with Gasteiger partial charge in [-0.1, -0.05) is 0 Å². The first-order chi connectivity index (χ1) is 4.74. The molecular formula is C6H10ClNO2S. The van der Waals surface area contributed by atoms with E-state index in [1.807, 2.05) is 0 Å². The SMILES string of the molecule is Cl.OCC1=CC(O)=C(S)CN1. The molecule has 5 heteroatoms. The standard InChI is InChI=1S/C6H9NO2S.ClH/c8-3-4-1-5(9)6(10)2-7-4;/h1,7-10H,2-3H2;1H. The highest BCUT2D eigenvalue weighted by molar-refractivity contribution is 7.84. The van der Waals surface area contributed by atoms with Crippen molar-refractivity contribution in [1.82, 2.24) is 5.32 Å². The molecule has 0 aromatic rings. The van der Waals surface area contributed by atoms with Crippen LogP contribution in [0.15, 0.2) is 22.4 Å². The smallest absolute Gasteiger partial charge is 0.128 e. The molecule has 1 heterocycles. The number of halogens is 1. The molecule has 1 aliphatic rings. The van der Waals surface area contributed by atoms with Gasteiger partial charge in [-0.15, -0.1) is 25.0 Å². The van der Waals surface area contributed by atoms with Crippen LogP contribution in [0.5, 0.6) is 0 Å². The van der Waals surface area contributed by atoms with Crippen LogP contribution in [0, 0.1) is 0 Å². The molecular weight excluding hydrogens is 186 g/mol. The zero-order chi connectivity index (χ0) is 7.56. The first-order valence-corrected chi connectivity index (χ1v) is 3.35. The van der Waals surface area contributed by atoms with Crippen LogP contribution in [0.1, 0.15) is 0 Å². The summed E-state index contributed by atoms with van der Waals surface area (Å²) in [6.07, 6.45) is 1.46. The van der Waals surface area contributed by atoms with E-state index in [0.717, 1.165) is 0 Å². The second-order valence-electron chi connectivity index (χ2n) is 2.01. The van der Waals surface area contributed by atoms with Crippen LogP contribution in [-0.2, 0) is 0 Å². The maximum absolute atomic E-state index is 9.05. The Morgan fingerprint density at radius 2 is 2.27 bits per heavy atom. The summed E-state index contributed by atoms with van der Waals surface area (Å²) in [6.45, 7) is 0.409. The molecule has 0 bridgehead atoms. The number of nitrogens with one attached hydrogen (secondary N) is 1. The summed E-state index contributed by atoms with van der Waals surface area (Å²) in [5, 5.41) is 20.5. The second kappa shape index (κ2) is 4.54. The van der Waals surface area contributed by atoms with E-state index >= 15 is 0 Å². The van der Waals surface area contributed by atoms with Crippen molar-refractivity contribution >= 4 is 25.0 Å². The summed E-state index contributed by atoms with van der Waals surface area (Å²) in [6, 6.07) is 0. The molecule has 0 amide bonds. The molecule has 0 saturated carbocycles. The summed E-state index contributed by atoms with van der Waals surface area (Å²) >= 11 is 3.98. The highest BCUT2D eigenvalue weighted by Crippen LogP contribution is 2.12. The average Bonchev–Trinajstić information content (AvgIpc) is 1.95. The first-order valence-electron chi connectivity index (χ1n) is 2.90. The molecule has 0 fully saturated rings. The minimum Gasteiger partial charge on any atom is -0.507 e. The number of hydrogen-bond donors (Lipinski definition) is 4. The molecule has 0 aromatic heterocycles. The fraction of sp³-hybridized carbons (Fsp3) is 0.333. The molecule has 3 nitrogen and oxygen atoms in total. The van der Waals surface area contributed by atoms with E-state index in [2.05, 4.69) is 17.9 Å². The van der Waals surface area contributed by atoms with Gasteiger partial charge < -0.3 is 15.5 Å². The van der Waals surface area contributed by atoms with Gasteiger partial charge in [0.2, 0.25) is 0 Å². The molecule has 0 aliphatic carbocycles. The number of thiol groups is 1. The van der Waals surface area contributed by atoms with E-state index in [1.165, 1.54) is 6.08 Å². The molecule has 1 aliphatic heterocycles. The molecule has 0 aromatic carbocycles. The fourth-order valence-corrected chi connectivity index (χ4v) is 0.832. The van der Waals surface area contributed by atoms with Gasteiger partial charge in [0, 0.05) is 23.2 Å². The monoisotopic (exact) mass is 195 g/mol. The normalized spacial score (nSPS) is 16.7. The lowest BCUT2D eigenvalue weighted by atomic mass is 10.3. The molecule has 1 rings (SSSR count).